The molecule has 0 unspecified atom stereocenters. The van der Waals surface area contributed by atoms with Gasteiger partial charge in [0, 0.05) is 32.9 Å². The van der Waals surface area contributed by atoms with Crippen LogP contribution in [0.25, 0.3) is 0 Å². The second-order valence-corrected chi connectivity index (χ2v) is 5.22. The van der Waals surface area contributed by atoms with Gasteiger partial charge in [-0.25, -0.2) is 0 Å². The lowest BCUT2D eigenvalue weighted by atomic mass is 10.4. The number of hydrogen-bond acceptors (Lipinski definition) is 4. The normalized spacial score (nSPS) is 11.7. The number of aliphatic carboxylic acids is 1. The Morgan fingerprint density at radius 3 is 2.76 bits per heavy atom. The molecule has 0 aliphatic rings. The van der Waals surface area contributed by atoms with Crippen molar-refractivity contribution in [1.29, 1.82) is 0 Å². The van der Waals surface area contributed by atoms with Gasteiger partial charge in [-0.05, 0) is 0 Å². The summed E-state index contributed by atoms with van der Waals surface area (Å²) in [6.07, 6.45) is 1.34. The van der Waals surface area contributed by atoms with Gasteiger partial charge in [0.05, 0.1) is 6.42 Å². The molecule has 0 spiro atoms. The fraction of sp³-hybridized carbons (Fsp3) is 0.500. The lowest BCUT2D eigenvalue weighted by molar-refractivity contribution is -0.137. The van der Waals surface area contributed by atoms with Gasteiger partial charge in [0.25, 0.3) is 0 Å². The number of carboxylic acids is 1. The first-order valence-corrected chi connectivity index (χ1v) is 6.21. The molecule has 0 radical (unpaired) electrons. The van der Waals surface area contributed by atoms with Crippen molar-refractivity contribution >= 4 is 22.0 Å². The Morgan fingerprint density at radius 1 is 1.65 bits per heavy atom. The molecular formula is C8H14N4O4S. The highest BCUT2D eigenvalue weighted by atomic mass is 32.2. The molecule has 0 amide bonds. The Labute approximate surface area is 99.0 Å². The predicted octanol–water partition coefficient (Wildman–Crippen LogP) is -0.517. The van der Waals surface area contributed by atoms with E-state index in [1.54, 1.807) is 13.2 Å². The number of rotatable bonds is 6. The average molecular weight is 262 g/mol. The third-order valence-electron chi connectivity index (χ3n) is 2.00. The van der Waals surface area contributed by atoms with Gasteiger partial charge in [0.1, 0.15) is 0 Å². The highest BCUT2D eigenvalue weighted by Crippen LogP contribution is 2.07. The van der Waals surface area contributed by atoms with Crippen molar-refractivity contribution in [1.82, 2.24) is 14.1 Å². The smallest absolute Gasteiger partial charge is 0.304 e. The number of aryl methyl sites for hydroxylation is 1. The topological polar surface area (TPSA) is 105 Å². The summed E-state index contributed by atoms with van der Waals surface area (Å²) >= 11 is 0. The molecule has 17 heavy (non-hydrogen) atoms. The zero-order valence-corrected chi connectivity index (χ0v) is 10.3. The van der Waals surface area contributed by atoms with Crippen LogP contribution in [0.3, 0.4) is 0 Å². The SMILES string of the molecule is CN(CCC(=O)O)S(=O)(=O)Nc1ccn(C)n1. The first kappa shape index (κ1) is 13.5. The second kappa shape index (κ2) is 5.15. The van der Waals surface area contributed by atoms with Gasteiger partial charge in [-0.15, -0.1) is 0 Å². The van der Waals surface area contributed by atoms with Crippen LogP contribution in [0.5, 0.6) is 0 Å². The van der Waals surface area contributed by atoms with Crippen LogP contribution in [0.4, 0.5) is 5.82 Å². The largest absolute Gasteiger partial charge is 0.481 e. The first-order valence-electron chi connectivity index (χ1n) is 4.77. The minimum absolute atomic E-state index is 0.0997. The summed E-state index contributed by atoms with van der Waals surface area (Å²) in [6.45, 7) is -0.0997. The Bertz CT molecular complexity index is 495. The van der Waals surface area contributed by atoms with Crippen LogP contribution in [0.2, 0.25) is 0 Å². The van der Waals surface area contributed by atoms with E-state index < -0.39 is 16.2 Å². The minimum Gasteiger partial charge on any atom is -0.481 e. The van der Waals surface area contributed by atoms with Crippen molar-refractivity contribution in [2.24, 2.45) is 7.05 Å². The zero-order valence-electron chi connectivity index (χ0n) is 9.49. The molecular weight excluding hydrogens is 248 g/mol. The number of carbonyl (C=O) groups is 1. The minimum atomic E-state index is -3.75. The molecule has 1 rings (SSSR count). The Balaban J connectivity index is 2.64. The molecule has 96 valence electrons. The lowest BCUT2D eigenvalue weighted by Gasteiger charge is -2.15. The summed E-state index contributed by atoms with van der Waals surface area (Å²) in [4.78, 5) is 10.3. The number of hydrogen-bond donors (Lipinski definition) is 2. The predicted molar refractivity (Wildman–Crippen MR) is 60.6 cm³/mol. The molecule has 0 saturated carbocycles. The molecule has 0 saturated heterocycles. The quantitative estimate of drug-likeness (QED) is 0.718. The summed E-state index contributed by atoms with van der Waals surface area (Å²) in [5, 5.41) is 12.3. The highest BCUT2D eigenvalue weighted by molar-refractivity contribution is 7.90. The standard InChI is InChI=1S/C8H14N4O4S/c1-11-5-3-7(9-11)10-17(15,16)12(2)6-4-8(13)14/h3,5H,4,6H2,1-2H3,(H,9,10)(H,13,14). The molecule has 0 fully saturated rings. The maximum Gasteiger partial charge on any atom is 0.304 e. The number of anilines is 1. The molecule has 0 aromatic carbocycles. The number of carboxylic acid groups (broad SMARTS) is 1. The number of aromatic nitrogens is 2. The highest BCUT2D eigenvalue weighted by Gasteiger charge is 2.19. The number of nitrogens with one attached hydrogen (secondary N) is 1. The first-order chi connectivity index (χ1) is 7.81. The van der Waals surface area contributed by atoms with E-state index in [4.69, 9.17) is 5.11 Å². The lowest BCUT2D eigenvalue weighted by Crippen LogP contribution is -2.34. The fourth-order valence-electron chi connectivity index (χ4n) is 1.05. The monoisotopic (exact) mass is 262 g/mol. The second-order valence-electron chi connectivity index (χ2n) is 3.45. The maximum atomic E-state index is 11.7. The van der Waals surface area contributed by atoms with E-state index in [1.165, 1.54) is 17.8 Å². The summed E-state index contributed by atoms with van der Waals surface area (Å²) in [6, 6.07) is 1.50. The summed E-state index contributed by atoms with van der Waals surface area (Å²) in [5.74, 6) is -0.862. The van der Waals surface area contributed by atoms with Gasteiger partial charge in [-0.2, -0.15) is 17.8 Å². The molecule has 1 aromatic rings. The van der Waals surface area contributed by atoms with Crippen LogP contribution in [-0.4, -0.2) is 47.2 Å². The molecule has 9 heteroatoms. The van der Waals surface area contributed by atoms with E-state index >= 15 is 0 Å². The van der Waals surface area contributed by atoms with Crippen molar-refractivity contribution < 1.29 is 18.3 Å². The summed E-state index contributed by atoms with van der Waals surface area (Å²) < 4.78 is 28.0. The third kappa shape index (κ3) is 4.04. The number of nitrogens with zero attached hydrogens (tertiary/aromatic N) is 3. The molecule has 0 bridgehead atoms. The van der Waals surface area contributed by atoms with Crippen molar-refractivity contribution in [3.05, 3.63) is 12.3 Å². The van der Waals surface area contributed by atoms with E-state index in [2.05, 4.69) is 9.82 Å². The molecule has 8 nitrogen and oxygen atoms in total. The van der Waals surface area contributed by atoms with E-state index in [-0.39, 0.29) is 18.8 Å². The van der Waals surface area contributed by atoms with Gasteiger partial charge in [-0.1, -0.05) is 0 Å². The van der Waals surface area contributed by atoms with Crippen LogP contribution in [0.15, 0.2) is 12.3 Å². The van der Waals surface area contributed by atoms with E-state index in [0.717, 1.165) is 4.31 Å². The van der Waals surface area contributed by atoms with E-state index in [9.17, 15) is 13.2 Å². The third-order valence-corrected chi connectivity index (χ3v) is 3.47. The van der Waals surface area contributed by atoms with Crippen LogP contribution in [0, 0.1) is 0 Å². The van der Waals surface area contributed by atoms with Crippen molar-refractivity contribution in [2.75, 3.05) is 18.3 Å². The van der Waals surface area contributed by atoms with E-state index in [0.29, 0.717) is 0 Å². The summed E-state index contributed by atoms with van der Waals surface area (Å²) in [5.41, 5.74) is 0. The Kier molecular flexibility index (Phi) is 4.07. The van der Waals surface area contributed by atoms with E-state index in [1.807, 2.05) is 0 Å². The van der Waals surface area contributed by atoms with Crippen molar-refractivity contribution in [3.63, 3.8) is 0 Å². The molecule has 0 atom stereocenters. The average Bonchev–Trinajstić information content (AvgIpc) is 2.59. The molecule has 0 aliphatic heterocycles. The zero-order chi connectivity index (χ0) is 13.1. The Morgan fingerprint density at radius 2 is 2.29 bits per heavy atom. The van der Waals surface area contributed by atoms with Crippen LogP contribution in [-0.2, 0) is 22.1 Å². The fourth-order valence-corrected chi connectivity index (χ4v) is 1.91. The van der Waals surface area contributed by atoms with Crippen LogP contribution < -0.4 is 4.72 Å². The molecule has 1 heterocycles. The van der Waals surface area contributed by atoms with Gasteiger partial charge < -0.3 is 5.11 Å². The van der Waals surface area contributed by atoms with Crippen molar-refractivity contribution in [2.45, 2.75) is 6.42 Å². The van der Waals surface area contributed by atoms with Gasteiger partial charge in [-0.3, -0.25) is 14.2 Å². The van der Waals surface area contributed by atoms with Crippen LogP contribution in [0.1, 0.15) is 6.42 Å². The molecule has 0 aliphatic carbocycles. The maximum absolute atomic E-state index is 11.7. The van der Waals surface area contributed by atoms with Gasteiger partial charge in [0.2, 0.25) is 0 Å². The molecule has 1 aromatic heterocycles. The van der Waals surface area contributed by atoms with Crippen LogP contribution >= 0.6 is 0 Å². The Hall–Kier alpha value is -1.61. The van der Waals surface area contributed by atoms with Crippen molar-refractivity contribution in [3.8, 4) is 0 Å². The summed E-state index contributed by atoms with van der Waals surface area (Å²) in [7, 11) is -0.793. The van der Waals surface area contributed by atoms with Gasteiger partial charge >= 0.3 is 16.2 Å². The molecule has 2 N–H and O–H groups in total. The van der Waals surface area contributed by atoms with Gasteiger partial charge in [0.15, 0.2) is 5.82 Å².